The third-order valence-electron chi connectivity index (χ3n) is 7.15. The highest BCUT2D eigenvalue weighted by Gasteiger charge is 2.34. The van der Waals surface area contributed by atoms with Crippen LogP contribution in [0.5, 0.6) is 0 Å². The van der Waals surface area contributed by atoms with E-state index >= 15 is 0 Å². The Balaban J connectivity index is 1.26. The molecule has 4 fully saturated rings. The Bertz CT molecular complexity index is 1360. The Morgan fingerprint density at radius 2 is 1.89 bits per heavy atom. The van der Waals surface area contributed by atoms with Crippen molar-refractivity contribution in [3.05, 3.63) is 53.9 Å². The molecule has 1 aliphatic carbocycles. The van der Waals surface area contributed by atoms with Gasteiger partial charge in [-0.15, -0.1) is 0 Å². The van der Waals surface area contributed by atoms with Crippen molar-refractivity contribution in [3.8, 4) is 11.8 Å². The number of nitrogens with one attached hydrogen (secondary N) is 2. The van der Waals surface area contributed by atoms with E-state index in [1.165, 1.54) is 5.69 Å². The number of hydrogen-bond donors (Lipinski definition) is 2. The average Bonchev–Trinajstić information content (AvgIpc) is 3.76. The number of benzene rings is 1. The number of carbonyl (C=O) groups is 1. The van der Waals surface area contributed by atoms with Crippen LogP contribution in [0.25, 0.3) is 10.8 Å². The summed E-state index contributed by atoms with van der Waals surface area (Å²) in [6.07, 6.45) is 5.67. The van der Waals surface area contributed by atoms with Crippen LogP contribution in [-0.2, 0) is 9.53 Å². The van der Waals surface area contributed by atoms with E-state index in [2.05, 4.69) is 73.6 Å². The van der Waals surface area contributed by atoms with Crippen molar-refractivity contribution in [2.45, 2.75) is 25.0 Å². The molecule has 1 aromatic carbocycles. The molecule has 2 unspecified atom stereocenters. The second-order valence-electron chi connectivity index (χ2n) is 9.93. The van der Waals surface area contributed by atoms with Gasteiger partial charge in [0.15, 0.2) is 0 Å². The fraction of sp³-hybridized carbons (Fsp3) is 0.393. The Kier molecular flexibility index (Phi) is 5.96. The van der Waals surface area contributed by atoms with Gasteiger partial charge in [0.05, 0.1) is 24.3 Å². The second kappa shape index (κ2) is 9.41. The summed E-state index contributed by atoms with van der Waals surface area (Å²) in [5.74, 6) is 8.01. The van der Waals surface area contributed by atoms with Crippen LogP contribution < -0.4 is 15.5 Å². The van der Waals surface area contributed by atoms with E-state index in [9.17, 15) is 4.79 Å². The number of pyridine rings is 2. The van der Waals surface area contributed by atoms with Crippen molar-refractivity contribution in [1.29, 1.82) is 0 Å². The zero-order valence-corrected chi connectivity index (χ0v) is 20.6. The van der Waals surface area contributed by atoms with Crippen LogP contribution in [0, 0.1) is 17.8 Å². The lowest BCUT2D eigenvalue weighted by Gasteiger charge is -2.38. The molecule has 2 bridgehead atoms. The number of carbonyl (C=O) groups excluding carboxylic acids is 1. The summed E-state index contributed by atoms with van der Waals surface area (Å²) in [6.45, 7) is 3.69. The van der Waals surface area contributed by atoms with E-state index in [1.54, 1.807) is 12.4 Å². The number of amides is 1. The zero-order chi connectivity index (χ0) is 24.6. The molecule has 2 N–H and O–H groups in total. The van der Waals surface area contributed by atoms with E-state index in [4.69, 9.17) is 4.74 Å². The largest absolute Gasteiger partial charge is 0.373 e. The van der Waals surface area contributed by atoms with Crippen LogP contribution in [0.3, 0.4) is 0 Å². The number of morpholine rings is 1. The number of ether oxygens (including phenoxy) is 1. The average molecular weight is 483 g/mol. The SMILES string of the molecule is CNc1ncc(C#Cc2ccc(N3CC4CN(C)CC3CO4)cc2)c2cc(NC(=O)C3CC3)ncc12. The molecule has 3 aliphatic heterocycles. The van der Waals surface area contributed by atoms with E-state index in [1.807, 2.05) is 13.1 Å². The number of hydrogen-bond acceptors (Lipinski definition) is 7. The zero-order valence-electron chi connectivity index (χ0n) is 20.6. The van der Waals surface area contributed by atoms with Gasteiger partial charge in [0.1, 0.15) is 11.6 Å². The maximum absolute atomic E-state index is 12.2. The Hall–Kier alpha value is -3.67. The minimum atomic E-state index is 0.0355. The molecule has 0 spiro atoms. The van der Waals surface area contributed by atoms with Crippen molar-refractivity contribution in [2.24, 2.45) is 5.92 Å². The van der Waals surface area contributed by atoms with Crippen LogP contribution >= 0.6 is 0 Å². The van der Waals surface area contributed by atoms with Crippen molar-refractivity contribution in [2.75, 3.05) is 55.9 Å². The van der Waals surface area contributed by atoms with Crippen LogP contribution in [0.15, 0.2) is 42.7 Å². The molecular weight excluding hydrogens is 452 g/mol. The van der Waals surface area contributed by atoms with Crippen molar-refractivity contribution >= 4 is 34.0 Å². The van der Waals surface area contributed by atoms with Crippen LogP contribution in [0.2, 0.25) is 0 Å². The van der Waals surface area contributed by atoms with Gasteiger partial charge in [-0.25, -0.2) is 9.97 Å². The van der Waals surface area contributed by atoms with Crippen LogP contribution in [0.1, 0.15) is 24.0 Å². The first-order chi connectivity index (χ1) is 17.6. The maximum Gasteiger partial charge on any atom is 0.228 e. The molecule has 184 valence electrons. The molecule has 5 heterocycles. The van der Waals surface area contributed by atoms with Gasteiger partial charge in [-0.2, -0.15) is 0 Å². The molecule has 2 atom stereocenters. The summed E-state index contributed by atoms with van der Waals surface area (Å²) in [4.78, 5) is 26.0. The summed E-state index contributed by atoms with van der Waals surface area (Å²) in [7, 11) is 4.00. The van der Waals surface area contributed by atoms with Gasteiger partial charge in [0.25, 0.3) is 0 Å². The normalized spacial score (nSPS) is 21.6. The second-order valence-corrected chi connectivity index (χ2v) is 9.93. The number of likely N-dealkylation sites (N-methyl/N-ethyl adjacent to an activating group) is 1. The molecule has 3 saturated heterocycles. The molecule has 2 aromatic heterocycles. The van der Waals surface area contributed by atoms with Crippen LogP contribution in [0.4, 0.5) is 17.3 Å². The smallest absolute Gasteiger partial charge is 0.228 e. The topological polar surface area (TPSA) is 82.6 Å². The molecule has 0 radical (unpaired) electrons. The standard InChI is InChI=1S/C28H30N6O2/c1-29-27-25-13-30-26(32-28(35)19-7-8-19)11-24(25)20(12-31-27)6-3-18-4-9-21(10-5-18)34-16-23-15-33(2)14-22(34)17-36-23/h4-5,9-13,19,22-23H,7-8,14-17H2,1-2H3,(H,29,31)(H,30,32,35). The summed E-state index contributed by atoms with van der Waals surface area (Å²) in [5.41, 5.74) is 2.94. The Morgan fingerprint density at radius 1 is 1.06 bits per heavy atom. The fourth-order valence-electron chi connectivity index (χ4n) is 5.07. The van der Waals surface area contributed by atoms with E-state index in [0.717, 1.165) is 66.8 Å². The minimum absolute atomic E-state index is 0.0355. The molecule has 1 amide bonds. The summed E-state index contributed by atoms with van der Waals surface area (Å²) < 4.78 is 5.99. The molecule has 4 aliphatic rings. The van der Waals surface area contributed by atoms with E-state index in [0.29, 0.717) is 11.9 Å². The molecule has 1 saturated carbocycles. The number of nitrogens with zero attached hydrogens (tertiary/aromatic N) is 4. The molecule has 8 nitrogen and oxygen atoms in total. The third-order valence-corrected chi connectivity index (χ3v) is 7.15. The lowest BCUT2D eigenvalue weighted by molar-refractivity contribution is -0.117. The lowest BCUT2D eigenvalue weighted by atomic mass is 10.1. The fourth-order valence-corrected chi connectivity index (χ4v) is 5.07. The van der Waals surface area contributed by atoms with Crippen molar-refractivity contribution in [3.63, 3.8) is 0 Å². The number of fused-ring (bicyclic) bond motifs is 5. The molecule has 3 aromatic rings. The lowest BCUT2D eigenvalue weighted by Crippen LogP contribution is -2.49. The van der Waals surface area contributed by atoms with E-state index < -0.39 is 0 Å². The quantitative estimate of drug-likeness (QED) is 0.554. The van der Waals surface area contributed by atoms with Gasteiger partial charge in [0, 0.05) is 67.0 Å². The van der Waals surface area contributed by atoms with Gasteiger partial charge in [-0.05, 0) is 50.2 Å². The van der Waals surface area contributed by atoms with Crippen LogP contribution in [-0.4, -0.2) is 73.3 Å². The number of aromatic nitrogens is 2. The monoisotopic (exact) mass is 482 g/mol. The first kappa shape index (κ1) is 22.8. The Morgan fingerprint density at radius 3 is 2.67 bits per heavy atom. The highest BCUT2D eigenvalue weighted by Crippen LogP contribution is 2.31. The van der Waals surface area contributed by atoms with Crippen molar-refractivity contribution < 1.29 is 9.53 Å². The first-order valence-corrected chi connectivity index (χ1v) is 12.5. The Labute approximate surface area is 211 Å². The number of anilines is 3. The van der Waals surface area contributed by atoms with Gasteiger partial charge in [-0.1, -0.05) is 11.8 Å². The molecule has 36 heavy (non-hydrogen) atoms. The molecular formula is C28H30N6O2. The highest BCUT2D eigenvalue weighted by molar-refractivity contribution is 5.99. The molecule has 8 heteroatoms. The maximum atomic E-state index is 12.2. The third kappa shape index (κ3) is 4.60. The minimum Gasteiger partial charge on any atom is -0.373 e. The van der Waals surface area contributed by atoms with E-state index in [-0.39, 0.29) is 17.9 Å². The van der Waals surface area contributed by atoms with Gasteiger partial charge >= 0.3 is 0 Å². The van der Waals surface area contributed by atoms with Gasteiger partial charge in [-0.3, -0.25) is 4.79 Å². The number of rotatable bonds is 4. The predicted molar refractivity (Wildman–Crippen MR) is 141 cm³/mol. The van der Waals surface area contributed by atoms with Crippen molar-refractivity contribution in [1.82, 2.24) is 14.9 Å². The first-order valence-electron chi connectivity index (χ1n) is 12.5. The summed E-state index contributed by atoms with van der Waals surface area (Å²) in [6, 6.07) is 10.7. The summed E-state index contributed by atoms with van der Waals surface area (Å²) >= 11 is 0. The van der Waals surface area contributed by atoms with Gasteiger partial charge in [0.2, 0.25) is 5.91 Å². The summed E-state index contributed by atoms with van der Waals surface area (Å²) in [5, 5.41) is 7.82. The molecule has 7 rings (SSSR count). The predicted octanol–water partition coefficient (Wildman–Crippen LogP) is 2.94. The van der Waals surface area contributed by atoms with Gasteiger partial charge < -0.3 is 25.2 Å². The highest BCUT2D eigenvalue weighted by atomic mass is 16.5.